The van der Waals surface area contributed by atoms with E-state index in [0.717, 1.165) is 37.0 Å². The van der Waals surface area contributed by atoms with E-state index in [9.17, 15) is 14.4 Å². The van der Waals surface area contributed by atoms with Crippen molar-refractivity contribution in [3.63, 3.8) is 0 Å². The predicted octanol–water partition coefficient (Wildman–Crippen LogP) is 3.41. The Morgan fingerprint density at radius 3 is 2.61 bits per heavy atom. The molecule has 214 valence electrons. The molecule has 3 atom stereocenters. The van der Waals surface area contributed by atoms with Crippen LogP contribution < -0.4 is 27.3 Å². The third kappa shape index (κ3) is 4.41. The number of carbonyl (C=O) groups excluding carboxylic acids is 3. The van der Waals surface area contributed by atoms with Crippen molar-refractivity contribution >= 4 is 44.7 Å². The number of ketones is 1. The summed E-state index contributed by atoms with van der Waals surface area (Å²) < 4.78 is 6.74. The molecule has 3 aromatic rings. The SMILES string of the molecule is C=CC(=O)N1CCCC(NC(=O)c2sc3c(N)ccc4c3c2C(N)C(=O)C4(N)c2ccc(OC3CCC3)cc2C)C1. The van der Waals surface area contributed by atoms with Gasteiger partial charge in [-0.05, 0) is 80.0 Å². The van der Waals surface area contributed by atoms with E-state index in [4.69, 9.17) is 21.9 Å². The first kappa shape index (κ1) is 27.4. The maximum absolute atomic E-state index is 14.1. The molecule has 3 unspecified atom stereocenters. The average Bonchev–Trinajstić information content (AvgIpc) is 3.35. The first-order valence-electron chi connectivity index (χ1n) is 14.1. The molecule has 0 bridgehead atoms. The van der Waals surface area contributed by atoms with Crippen LogP contribution in [0, 0.1) is 6.92 Å². The number of ether oxygens (including phenoxy) is 1. The van der Waals surface area contributed by atoms with E-state index in [2.05, 4.69) is 11.9 Å². The Balaban J connectivity index is 1.39. The normalized spacial score (nSPS) is 24.2. The van der Waals surface area contributed by atoms with Gasteiger partial charge in [0.1, 0.15) is 11.3 Å². The van der Waals surface area contributed by atoms with Gasteiger partial charge in [0.05, 0.1) is 21.7 Å². The van der Waals surface area contributed by atoms with Gasteiger partial charge in [0.15, 0.2) is 5.78 Å². The molecule has 2 fully saturated rings. The molecule has 0 radical (unpaired) electrons. The van der Waals surface area contributed by atoms with E-state index in [-0.39, 0.29) is 29.7 Å². The van der Waals surface area contributed by atoms with E-state index < -0.39 is 11.6 Å². The van der Waals surface area contributed by atoms with Crippen LogP contribution in [-0.4, -0.2) is 47.7 Å². The van der Waals surface area contributed by atoms with Crippen molar-refractivity contribution in [2.75, 3.05) is 18.8 Å². The van der Waals surface area contributed by atoms with Crippen molar-refractivity contribution in [2.45, 2.75) is 62.8 Å². The number of hydrogen-bond donors (Lipinski definition) is 4. The van der Waals surface area contributed by atoms with Crippen LogP contribution >= 0.6 is 11.3 Å². The van der Waals surface area contributed by atoms with Gasteiger partial charge in [-0.1, -0.05) is 18.7 Å². The zero-order chi connectivity index (χ0) is 29.1. The van der Waals surface area contributed by atoms with Crippen molar-refractivity contribution in [1.29, 1.82) is 0 Å². The molecular formula is C31H35N5O4S. The summed E-state index contributed by atoms with van der Waals surface area (Å²) in [5.41, 5.74) is 21.6. The van der Waals surface area contributed by atoms with Crippen molar-refractivity contribution in [1.82, 2.24) is 10.2 Å². The van der Waals surface area contributed by atoms with Crippen molar-refractivity contribution in [3.05, 3.63) is 70.1 Å². The molecule has 1 aromatic heterocycles. The van der Waals surface area contributed by atoms with Gasteiger partial charge in [0.2, 0.25) is 5.91 Å². The summed E-state index contributed by atoms with van der Waals surface area (Å²) in [6.07, 6.45) is 6.26. The van der Waals surface area contributed by atoms with Crippen molar-refractivity contribution < 1.29 is 19.1 Å². The zero-order valence-electron chi connectivity index (χ0n) is 23.1. The van der Waals surface area contributed by atoms with Gasteiger partial charge in [0, 0.05) is 35.8 Å². The third-order valence-electron chi connectivity index (χ3n) is 8.74. The fourth-order valence-electron chi connectivity index (χ4n) is 6.34. The minimum Gasteiger partial charge on any atom is -0.490 e. The number of anilines is 1. The molecule has 2 aromatic carbocycles. The highest BCUT2D eigenvalue weighted by Crippen LogP contribution is 2.50. The molecule has 3 aliphatic rings. The summed E-state index contributed by atoms with van der Waals surface area (Å²) in [6, 6.07) is 7.77. The number of nitrogen functional groups attached to an aromatic ring is 1. The lowest BCUT2D eigenvalue weighted by Gasteiger charge is -2.37. The van der Waals surface area contributed by atoms with Crippen molar-refractivity contribution in [3.8, 4) is 5.75 Å². The monoisotopic (exact) mass is 573 g/mol. The van der Waals surface area contributed by atoms with Crippen LogP contribution in [0.25, 0.3) is 10.1 Å². The first-order chi connectivity index (χ1) is 19.6. The molecular weight excluding hydrogens is 538 g/mol. The van der Waals surface area contributed by atoms with Gasteiger partial charge in [-0.3, -0.25) is 14.4 Å². The second-order valence-electron chi connectivity index (χ2n) is 11.3. The van der Waals surface area contributed by atoms with E-state index in [1.807, 2.05) is 25.1 Å². The van der Waals surface area contributed by atoms with Gasteiger partial charge >= 0.3 is 0 Å². The largest absolute Gasteiger partial charge is 0.490 e. The first-order valence-corrected chi connectivity index (χ1v) is 14.9. The number of piperidine rings is 1. The smallest absolute Gasteiger partial charge is 0.262 e. The van der Waals surface area contributed by atoms with Gasteiger partial charge in [-0.15, -0.1) is 11.3 Å². The summed E-state index contributed by atoms with van der Waals surface area (Å²) >= 11 is 1.22. The summed E-state index contributed by atoms with van der Waals surface area (Å²) in [7, 11) is 0. The molecule has 1 saturated heterocycles. The number of nitrogens with zero attached hydrogens (tertiary/aromatic N) is 1. The zero-order valence-corrected chi connectivity index (χ0v) is 23.9. The third-order valence-corrected chi connectivity index (χ3v) is 9.99. The molecule has 2 heterocycles. The van der Waals surface area contributed by atoms with Crippen LogP contribution in [0.15, 0.2) is 43.0 Å². The average molecular weight is 574 g/mol. The topological polar surface area (TPSA) is 154 Å². The molecule has 1 saturated carbocycles. The number of hydrogen-bond acceptors (Lipinski definition) is 8. The Hall–Kier alpha value is -3.73. The van der Waals surface area contributed by atoms with Gasteiger partial charge < -0.3 is 32.2 Å². The molecule has 2 amide bonds. The second-order valence-corrected chi connectivity index (χ2v) is 12.4. The summed E-state index contributed by atoms with van der Waals surface area (Å²) in [6.45, 7) is 6.49. The highest BCUT2D eigenvalue weighted by molar-refractivity contribution is 7.21. The highest BCUT2D eigenvalue weighted by atomic mass is 32.1. The van der Waals surface area contributed by atoms with E-state index in [1.54, 1.807) is 17.0 Å². The number of amides is 2. The van der Waals surface area contributed by atoms with Gasteiger partial charge in [0.25, 0.3) is 5.91 Å². The second kappa shape index (κ2) is 10.3. The Labute approximate surface area is 242 Å². The summed E-state index contributed by atoms with van der Waals surface area (Å²) in [4.78, 5) is 42.0. The van der Waals surface area contributed by atoms with Gasteiger partial charge in [-0.25, -0.2) is 0 Å². The predicted molar refractivity (Wildman–Crippen MR) is 160 cm³/mol. The number of benzene rings is 2. The van der Waals surface area contributed by atoms with E-state index in [1.165, 1.54) is 23.8 Å². The highest BCUT2D eigenvalue weighted by Gasteiger charge is 2.49. The summed E-state index contributed by atoms with van der Waals surface area (Å²) in [5, 5.41) is 3.72. The minimum absolute atomic E-state index is 0.164. The van der Waals surface area contributed by atoms with Crippen LogP contribution in [0.5, 0.6) is 5.75 Å². The molecule has 41 heavy (non-hydrogen) atoms. The lowest BCUT2D eigenvalue weighted by molar-refractivity contribution is -0.127. The van der Waals surface area contributed by atoms with Gasteiger partial charge in [-0.2, -0.15) is 0 Å². The molecule has 1 aliphatic heterocycles. The number of carbonyl (C=O) groups is 3. The molecule has 6 rings (SSSR count). The lowest BCUT2D eigenvalue weighted by Crippen LogP contribution is -2.53. The Bertz CT molecular complexity index is 1590. The number of likely N-dealkylation sites (tertiary alicyclic amines) is 1. The summed E-state index contributed by atoms with van der Waals surface area (Å²) in [5.74, 6) is -0.144. The molecule has 2 aliphatic carbocycles. The maximum atomic E-state index is 14.1. The Kier molecular flexibility index (Phi) is 6.88. The van der Waals surface area contributed by atoms with Crippen LogP contribution in [0.4, 0.5) is 5.69 Å². The molecule has 0 spiro atoms. The molecule has 9 nitrogen and oxygen atoms in total. The fourth-order valence-corrected chi connectivity index (χ4v) is 7.54. The molecule has 7 N–H and O–H groups in total. The Morgan fingerprint density at radius 2 is 1.93 bits per heavy atom. The fraction of sp³-hybridized carbons (Fsp3) is 0.387. The minimum atomic E-state index is -1.53. The maximum Gasteiger partial charge on any atom is 0.262 e. The van der Waals surface area contributed by atoms with Crippen LogP contribution in [-0.2, 0) is 15.1 Å². The number of Topliss-reactive ketones (excluding diaryl/α,β-unsaturated/α-hetero) is 1. The van der Waals surface area contributed by atoms with E-state index >= 15 is 0 Å². The number of nitrogens with two attached hydrogens (primary N) is 3. The van der Waals surface area contributed by atoms with Crippen molar-refractivity contribution in [2.24, 2.45) is 11.5 Å². The van der Waals surface area contributed by atoms with Crippen LogP contribution in [0.1, 0.15) is 70.1 Å². The Morgan fingerprint density at radius 1 is 1.17 bits per heavy atom. The number of nitrogens with one attached hydrogen (secondary N) is 1. The van der Waals surface area contributed by atoms with Crippen LogP contribution in [0.3, 0.4) is 0 Å². The van der Waals surface area contributed by atoms with Crippen LogP contribution in [0.2, 0.25) is 0 Å². The number of rotatable bonds is 6. The number of thiophene rings is 1. The standard InChI is InChI=1S/C31H35N5O4S/c1-3-23(37)36-13-5-6-17(15-36)35-30(39)28-25-24-21(11-12-22(32)27(24)41-28)31(34,29(38)26(25)33)20-10-9-19(14-16(20)2)40-18-7-4-8-18/h3,9-12,14,17-18,26H,1,4-8,13,15,32-34H2,2H3,(H,35,39). The molecule has 10 heteroatoms. The number of aryl methyl sites for hydroxylation is 1. The lowest BCUT2D eigenvalue weighted by atomic mass is 9.69. The van der Waals surface area contributed by atoms with E-state index in [0.29, 0.717) is 50.4 Å². The quantitative estimate of drug-likeness (QED) is 0.260.